The molecule has 5 nitrogen and oxygen atoms in total. The van der Waals surface area contributed by atoms with E-state index in [2.05, 4.69) is 0 Å². The zero-order chi connectivity index (χ0) is 14.5. The molecule has 1 aliphatic carbocycles. The summed E-state index contributed by atoms with van der Waals surface area (Å²) in [7, 11) is 3.21. The summed E-state index contributed by atoms with van der Waals surface area (Å²) in [6, 6.07) is 5.09. The van der Waals surface area contributed by atoms with Gasteiger partial charge in [-0.1, -0.05) is 6.07 Å². The first kappa shape index (κ1) is 14.7. The van der Waals surface area contributed by atoms with E-state index < -0.39 is 5.97 Å². The van der Waals surface area contributed by atoms with Crippen molar-refractivity contribution in [2.75, 3.05) is 20.0 Å². The zero-order valence-electron chi connectivity index (χ0n) is 11.9. The molecule has 0 aromatic heterocycles. The maximum atomic E-state index is 12.2. The van der Waals surface area contributed by atoms with Crippen LogP contribution < -0.4 is 10.5 Å². The molecule has 0 heterocycles. The van der Waals surface area contributed by atoms with Crippen LogP contribution in [-0.2, 0) is 9.47 Å². The van der Waals surface area contributed by atoms with Crippen LogP contribution in [0.2, 0.25) is 0 Å². The predicted molar refractivity (Wildman–Crippen MR) is 75.9 cm³/mol. The van der Waals surface area contributed by atoms with Crippen molar-refractivity contribution in [3.05, 3.63) is 23.8 Å². The monoisotopic (exact) mass is 279 g/mol. The quantitative estimate of drug-likeness (QED) is 0.677. The lowest BCUT2D eigenvalue weighted by atomic mass is 9.95. The summed E-state index contributed by atoms with van der Waals surface area (Å²) < 4.78 is 16.0. The Bertz CT molecular complexity index is 475. The van der Waals surface area contributed by atoms with Crippen LogP contribution in [0.3, 0.4) is 0 Å². The number of hydrogen-bond donors (Lipinski definition) is 1. The van der Waals surface area contributed by atoms with Crippen LogP contribution in [-0.4, -0.2) is 32.4 Å². The maximum Gasteiger partial charge on any atom is 0.340 e. The van der Waals surface area contributed by atoms with Crippen LogP contribution >= 0.6 is 0 Å². The van der Waals surface area contributed by atoms with Gasteiger partial charge in [0.2, 0.25) is 0 Å². The van der Waals surface area contributed by atoms with E-state index in [-0.39, 0.29) is 12.2 Å². The van der Waals surface area contributed by atoms with E-state index in [9.17, 15) is 4.79 Å². The summed E-state index contributed by atoms with van der Waals surface area (Å²) in [4.78, 5) is 12.2. The number of carbonyl (C=O) groups excluding carboxylic acids is 1. The highest BCUT2D eigenvalue weighted by molar-refractivity contribution is 5.96. The molecule has 1 fully saturated rings. The molecular formula is C15H21NO4. The van der Waals surface area contributed by atoms with E-state index in [4.69, 9.17) is 19.9 Å². The number of benzene rings is 1. The molecule has 20 heavy (non-hydrogen) atoms. The number of esters is 1. The molecular weight excluding hydrogens is 258 g/mol. The summed E-state index contributed by atoms with van der Waals surface area (Å²) in [5, 5.41) is 0. The van der Waals surface area contributed by atoms with Gasteiger partial charge in [-0.05, 0) is 31.4 Å². The molecule has 1 aromatic carbocycles. The minimum Gasteiger partial charge on any atom is -0.495 e. The molecule has 1 aliphatic rings. The molecule has 1 saturated carbocycles. The van der Waals surface area contributed by atoms with E-state index in [0.717, 1.165) is 25.7 Å². The number of carbonyl (C=O) groups is 1. The van der Waals surface area contributed by atoms with Gasteiger partial charge in [-0.3, -0.25) is 0 Å². The minimum absolute atomic E-state index is 0.105. The first-order valence-electron chi connectivity index (χ1n) is 6.82. The van der Waals surface area contributed by atoms with Gasteiger partial charge in [0.25, 0.3) is 0 Å². The molecule has 1 aromatic rings. The second kappa shape index (κ2) is 6.61. The van der Waals surface area contributed by atoms with Crippen molar-refractivity contribution in [3.63, 3.8) is 0 Å². The summed E-state index contributed by atoms with van der Waals surface area (Å²) in [6.07, 6.45) is 3.70. The van der Waals surface area contributed by atoms with Gasteiger partial charge in [0, 0.05) is 13.5 Å². The lowest BCUT2D eigenvalue weighted by molar-refractivity contribution is -0.0148. The standard InChI is InChI=1S/C15H21NO4/c1-18-10-5-3-6-11(9-10)20-15(17)12-7-4-8-13(19-2)14(12)16/h4,7-8,10-11H,3,5-6,9,16H2,1-2H3. The number of hydrogen-bond acceptors (Lipinski definition) is 5. The smallest absolute Gasteiger partial charge is 0.340 e. The third-order valence-electron chi connectivity index (χ3n) is 3.69. The van der Waals surface area contributed by atoms with Gasteiger partial charge in [0.1, 0.15) is 11.9 Å². The number of para-hydroxylation sites is 1. The lowest BCUT2D eigenvalue weighted by Gasteiger charge is -2.28. The molecule has 0 radical (unpaired) electrons. The average molecular weight is 279 g/mol. The highest BCUT2D eigenvalue weighted by Crippen LogP contribution is 2.28. The van der Waals surface area contributed by atoms with Gasteiger partial charge in [0.05, 0.1) is 24.5 Å². The Morgan fingerprint density at radius 2 is 2.00 bits per heavy atom. The third-order valence-corrected chi connectivity index (χ3v) is 3.69. The first-order valence-corrected chi connectivity index (χ1v) is 6.82. The summed E-state index contributed by atoms with van der Waals surface area (Å²) in [5.41, 5.74) is 6.57. The Kier molecular flexibility index (Phi) is 4.84. The second-order valence-corrected chi connectivity index (χ2v) is 4.97. The summed E-state index contributed by atoms with van der Waals surface area (Å²) in [5.74, 6) is 0.0843. The van der Waals surface area contributed by atoms with Gasteiger partial charge in [-0.25, -0.2) is 4.79 Å². The van der Waals surface area contributed by atoms with E-state index in [0.29, 0.717) is 17.0 Å². The molecule has 2 rings (SSSR count). The van der Waals surface area contributed by atoms with Crippen LogP contribution in [0.15, 0.2) is 18.2 Å². The van der Waals surface area contributed by atoms with Crippen LogP contribution in [0.25, 0.3) is 0 Å². The van der Waals surface area contributed by atoms with Crippen LogP contribution in [0.5, 0.6) is 5.75 Å². The number of anilines is 1. The van der Waals surface area contributed by atoms with E-state index in [1.165, 1.54) is 7.11 Å². The third kappa shape index (κ3) is 3.22. The van der Waals surface area contributed by atoms with E-state index in [1.807, 2.05) is 0 Å². The second-order valence-electron chi connectivity index (χ2n) is 4.97. The molecule has 0 amide bonds. The lowest BCUT2D eigenvalue weighted by Crippen LogP contribution is -2.29. The van der Waals surface area contributed by atoms with Crippen molar-refractivity contribution in [3.8, 4) is 5.75 Å². The van der Waals surface area contributed by atoms with Crippen molar-refractivity contribution in [2.45, 2.75) is 37.9 Å². The van der Waals surface area contributed by atoms with Gasteiger partial charge < -0.3 is 19.9 Å². The molecule has 2 unspecified atom stereocenters. The molecule has 0 saturated heterocycles. The Labute approximate surface area is 119 Å². The maximum absolute atomic E-state index is 12.2. The van der Waals surface area contributed by atoms with Gasteiger partial charge in [-0.15, -0.1) is 0 Å². The van der Waals surface area contributed by atoms with Crippen molar-refractivity contribution >= 4 is 11.7 Å². The van der Waals surface area contributed by atoms with E-state index >= 15 is 0 Å². The molecule has 2 N–H and O–H groups in total. The summed E-state index contributed by atoms with van der Waals surface area (Å²) in [6.45, 7) is 0. The number of nitrogen functional groups attached to an aromatic ring is 1. The molecule has 0 spiro atoms. The van der Waals surface area contributed by atoms with Crippen LogP contribution in [0.4, 0.5) is 5.69 Å². The van der Waals surface area contributed by atoms with Crippen LogP contribution in [0.1, 0.15) is 36.0 Å². The van der Waals surface area contributed by atoms with Gasteiger partial charge in [-0.2, -0.15) is 0 Å². The number of nitrogens with two attached hydrogens (primary N) is 1. The number of ether oxygens (including phenoxy) is 3. The molecule has 0 aliphatic heterocycles. The largest absolute Gasteiger partial charge is 0.495 e. The molecule has 0 bridgehead atoms. The Hall–Kier alpha value is -1.75. The minimum atomic E-state index is -0.400. The van der Waals surface area contributed by atoms with Gasteiger partial charge >= 0.3 is 5.97 Å². The van der Waals surface area contributed by atoms with Crippen molar-refractivity contribution < 1.29 is 19.0 Å². The molecule has 2 atom stereocenters. The molecule has 5 heteroatoms. The van der Waals surface area contributed by atoms with Crippen molar-refractivity contribution in [1.29, 1.82) is 0 Å². The Balaban J connectivity index is 2.05. The van der Waals surface area contributed by atoms with Crippen molar-refractivity contribution in [1.82, 2.24) is 0 Å². The van der Waals surface area contributed by atoms with Gasteiger partial charge in [0.15, 0.2) is 0 Å². The topological polar surface area (TPSA) is 70.8 Å². The Morgan fingerprint density at radius 1 is 1.25 bits per heavy atom. The van der Waals surface area contributed by atoms with E-state index in [1.54, 1.807) is 25.3 Å². The average Bonchev–Trinajstić information content (AvgIpc) is 2.47. The highest BCUT2D eigenvalue weighted by atomic mass is 16.5. The fourth-order valence-electron chi connectivity index (χ4n) is 2.54. The van der Waals surface area contributed by atoms with Crippen LogP contribution in [0, 0.1) is 0 Å². The SMILES string of the molecule is COc1cccc(C(=O)OC2CCCC(OC)C2)c1N. The first-order chi connectivity index (χ1) is 9.65. The Morgan fingerprint density at radius 3 is 2.70 bits per heavy atom. The molecule has 110 valence electrons. The number of methoxy groups -OCH3 is 2. The fraction of sp³-hybridized carbons (Fsp3) is 0.533. The normalized spacial score (nSPS) is 22.3. The predicted octanol–water partition coefficient (Wildman–Crippen LogP) is 2.39. The summed E-state index contributed by atoms with van der Waals surface area (Å²) >= 11 is 0. The number of rotatable bonds is 4. The zero-order valence-corrected chi connectivity index (χ0v) is 11.9. The fourth-order valence-corrected chi connectivity index (χ4v) is 2.54. The van der Waals surface area contributed by atoms with Crippen molar-refractivity contribution in [2.24, 2.45) is 0 Å². The highest BCUT2D eigenvalue weighted by Gasteiger charge is 2.26.